The number of carbonyl (C=O) groups is 2. The Balaban J connectivity index is 3.81. The molecule has 32 heavy (non-hydrogen) atoms. The monoisotopic (exact) mass is 489 g/mol. The number of hydrogen-bond donors (Lipinski definition) is 0. The molecule has 5 nitrogen and oxygen atoms in total. The summed E-state index contributed by atoms with van der Waals surface area (Å²) in [6.45, 7) is 11.2. The zero-order valence-corrected chi connectivity index (χ0v) is 23.2. The van der Waals surface area contributed by atoms with Crippen molar-refractivity contribution in [2.75, 3.05) is 0 Å². The van der Waals surface area contributed by atoms with Gasteiger partial charge in [0.2, 0.25) is 0 Å². The van der Waals surface area contributed by atoms with Crippen LogP contribution in [-0.2, 0) is 36.9 Å². The van der Waals surface area contributed by atoms with E-state index in [4.69, 9.17) is 6.64 Å². The molecular formula is C26H49O5Ti. The fourth-order valence-electron chi connectivity index (χ4n) is 3.38. The van der Waals surface area contributed by atoms with Gasteiger partial charge in [0.05, 0.1) is 0 Å². The van der Waals surface area contributed by atoms with Crippen LogP contribution in [0.2, 0.25) is 4.22 Å². The average Bonchev–Trinajstić information content (AvgIpc) is 2.72. The molecule has 0 spiro atoms. The second kappa shape index (κ2) is 18.6. The van der Waals surface area contributed by atoms with Gasteiger partial charge in [-0.1, -0.05) is 39.5 Å². The van der Waals surface area contributed by atoms with Gasteiger partial charge in [0, 0.05) is 0 Å². The summed E-state index contributed by atoms with van der Waals surface area (Å²) in [6, 6.07) is 0. The van der Waals surface area contributed by atoms with E-state index in [0.29, 0.717) is 12.0 Å². The number of hydrogen-bond acceptors (Lipinski definition) is 5. The molecule has 0 aliphatic carbocycles. The third kappa shape index (κ3) is 15.9. The molecule has 0 bridgehead atoms. The predicted molar refractivity (Wildman–Crippen MR) is 127 cm³/mol. The first kappa shape index (κ1) is 31.2. The number of rotatable bonds is 19. The van der Waals surface area contributed by atoms with Crippen LogP contribution in [0.5, 0.6) is 0 Å². The van der Waals surface area contributed by atoms with E-state index in [-0.39, 0.29) is 6.42 Å². The van der Waals surface area contributed by atoms with Crippen molar-refractivity contribution in [2.24, 2.45) is 5.92 Å². The van der Waals surface area contributed by atoms with Crippen molar-refractivity contribution in [3.63, 3.8) is 0 Å². The zero-order valence-electron chi connectivity index (χ0n) is 21.7. The van der Waals surface area contributed by atoms with E-state index in [2.05, 4.69) is 13.8 Å². The van der Waals surface area contributed by atoms with Gasteiger partial charge in [-0.3, -0.25) is 0 Å². The number of carbonyl (C=O) groups excluding carboxylic acids is 2. The second-order valence-electron chi connectivity index (χ2n) is 9.77. The van der Waals surface area contributed by atoms with Gasteiger partial charge in [-0.05, 0) is 5.92 Å². The predicted octanol–water partition coefficient (Wildman–Crippen LogP) is 8.31. The van der Waals surface area contributed by atoms with E-state index in [1.165, 1.54) is 64.2 Å². The summed E-state index contributed by atoms with van der Waals surface area (Å²) in [4.78, 5) is 24.1. The standard InChI is InChI=1S/C18H36O2.C5H8O2.C3H7.O.Ti/c1-17(2)15-13-11-9-7-5-3-4-6-8-10-12-14-16-18(19)20;1-3-4(2)5(6)7;1-3-2;;/h17H,3-16H2,1-2H3,(H,19,20);3H,1-2H3,(H,6,7);3H,1-2H3;;/q;;;;+2/p-2. The SMILES string of the molecule is CC=C(C)C(=O)[O][Ti](=[O])([O]C(=O)CCCCCCCCCCCCCCC(C)C)[CH](C)C. The van der Waals surface area contributed by atoms with Gasteiger partial charge in [0.15, 0.2) is 0 Å². The second-order valence-corrected chi connectivity index (χ2v) is 14.1. The van der Waals surface area contributed by atoms with Crippen molar-refractivity contribution in [3.05, 3.63) is 11.6 Å². The first-order chi connectivity index (χ1) is 15.1. The van der Waals surface area contributed by atoms with Crippen LogP contribution in [-0.4, -0.2) is 11.9 Å². The molecule has 0 aromatic rings. The summed E-state index contributed by atoms with van der Waals surface area (Å²) in [6.07, 6.45) is 17.9. The van der Waals surface area contributed by atoms with E-state index in [0.717, 1.165) is 18.8 Å². The molecule has 0 aliphatic heterocycles. The van der Waals surface area contributed by atoms with Gasteiger partial charge in [-0.25, -0.2) is 0 Å². The van der Waals surface area contributed by atoms with Gasteiger partial charge in [0.25, 0.3) is 0 Å². The molecule has 0 rings (SSSR count). The molecule has 1 unspecified atom stereocenters. The van der Waals surface area contributed by atoms with Crippen LogP contribution in [0.25, 0.3) is 0 Å². The zero-order chi connectivity index (χ0) is 24.4. The quantitative estimate of drug-likeness (QED) is 0.104. The summed E-state index contributed by atoms with van der Waals surface area (Å²) in [5, 5.41) is 0. The summed E-state index contributed by atoms with van der Waals surface area (Å²) in [5.74, 6) is -0.358. The van der Waals surface area contributed by atoms with Crippen LogP contribution in [0.15, 0.2) is 11.6 Å². The minimum atomic E-state index is -4.71. The molecule has 0 heterocycles. The Hall–Kier alpha value is -0.806. The van der Waals surface area contributed by atoms with Crippen LogP contribution in [0, 0.1) is 5.92 Å². The first-order valence-electron chi connectivity index (χ1n) is 12.9. The molecule has 0 saturated carbocycles. The molecule has 187 valence electrons. The Kier molecular flexibility index (Phi) is 18.1. The fourth-order valence-corrected chi connectivity index (χ4v) is 5.49. The van der Waals surface area contributed by atoms with Crippen molar-refractivity contribution < 1.29 is 36.9 Å². The molecule has 6 heteroatoms. The molecule has 0 saturated heterocycles. The van der Waals surface area contributed by atoms with E-state index in [1.807, 2.05) is 0 Å². The molecular weight excluding hydrogens is 440 g/mol. The molecule has 0 N–H and O–H groups in total. The molecule has 0 aliphatic rings. The third-order valence-corrected chi connectivity index (χ3v) is 9.61. The van der Waals surface area contributed by atoms with Crippen molar-refractivity contribution in [1.29, 1.82) is 0 Å². The van der Waals surface area contributed by atoms with Crippen LogP contribution < -0.4 is 0 Å². The van der Waals surface area contributed by atoms with Crippen LogP contribution in [0.1, 0.15) is 131 Å². The van der Waals surface area contributed by atoms with Crippen molar-refractivity contribution >= 4 is 11.9 Å². The topological polar surface area (TPSA) is 69.7 Å². The van der Waals surface area contributed by atoms with Crippen molar-refractivity contribution in [3.8, 4) is 0 Å². The minimum absolute atomic E-state index is 0.221. The maximum absolute atomic E-state index is 12.9. The molecule has 1 atom stereocenters. The van der Waals surface area contributed by atoms with E-state index in [1.54, 1.807) is 33.8 Å². The summed E-state index contributed by atoms with van der Waals surface area (Å²) >= 11 is -4.71. The van der Waals surface area contributed by atoms with E-state index < -0.39 is 33.5 Å². The van der Waals surface area contributed by atoms with Gasteiger partial charge in [-0.2, -0.15) is 0 Å². The van der Waals surface area contributed by atoms with Crippen LogP contribution >= 0.6 is 0 Å². The van der Waals surface area contributed by atoms with Gasteiger partial charge in [-0.15, -0.1) is 0 Å². The van der Waals surface area contributed by atoms with Gasteiger partial charge >= 0.3 is 157 Å². The maximum atomic E-state index is 12.9. The Labute approximate surface area is 201 Å². The first-order valence-corrected chi connectivity index (χ1v) is 15.7. The molecule has 0 fully saturated rings. The number of allylic oxidation sites excluding steroid dienone is 1. The average molecular weight is 490 g/mol. The summed E-state index contributed by atoms with van der Waals surface area (Å²) in [5.41, 5.74) is 0.356. The molecule has 0 aromatic heterocycles. The Morgan fingerprint density at radius 1 is 0.750 bits per heavy atom. The number of unbranched alkanes of at least 4 members (excludes halogenated alkanes) is 11. The van der Waals surface area contributed by atoms with Gasteiger partial charge < -0.3 is 0 Å². The molecule has 0 radical (unpaired) electrons. The van der Waals surface area contributed by atoms with Crippen LogP contribution in [0.3, 0.4) is 0 Å². The summed E-state index contributed by atoms with van der Waals surface area (Å²) in [7, 11) is 0. The van der Waals surface area contributed by atoms with Crippen molar-refractivity contribution in [1.82, 2.24) is 0 Å². The third-order valence-electron chi connectivity index (χ3n) is 5.87. The summed E-state index contributed by atoms with van der Waals surface area (Å²) < 4.78 is 22.7. The molecule has 0 amide bonds. The Bertz CT molecular complexity index is 595. The Morgan fingerprint density at radius 2 is 1.19 bits per heavy atom. The van der Waals surface area contributed by atoms with E-state index in [9.17, 15) is 12.9 Å². The van der Waals surface area contributed by atoms with Crippen LogP contribution in [0.4, 0.5) is 0 Å². The van der Waals surface area contributed by atoms with E-state index >= 15 is 0 Å². The van der Waals surface area contributed by atoms with Gasteiger partial charge in [0.1, 0.15) is 0 Å². The van der Waals surface area contributed by atoms with Crippen molar-refractivity contribution in [2.45, 2.75) is 136 Å². The molecule has 0 aromatic carbocycles. The Morgan fingerprint density at radius 3 is 1.59 bits per heavy atom. The normalized spacial score (nSPS) is 13.9. The fraction of sp³-hybridized carbons (Fsp3) is 0.846.